The maximum atomic E-state index is 10.8. The van der Waals surface area contributed by atoms with Gasteiger partial charge in [0, 0.05) is 32.2 Å². The first-order chi connectivity index (χ1) is 7.54. The number of hydrogen-bond acceptors (Lipinski definition) is 4. The topological polar surface area (TPSA) is 75.6 Å². The van der Waals surface area contributed by atoms with Crippen LogP contribution in [-0.4, -0.2) is 60.5 Å². The fourth-order valence-corrected chi connectivity index (χ4v) is 2.21. The van der Waals surface area contributed by atoms with E-state index in [2.05, 4.69) is 23.6 Å². The summed E-state index contributed by atoms with van der Waals surface area (Å²) in [6.07, 6.45) is 0.661. The molecule has 0 aromatic rings. The summed E-state index contributed by atoms with van der Waals surface area (Å²) >= 11 is 0. The minimum Gasteiger partial charge on any atom is -0.368 e. The molecule has 1 saturated heterocycles. The number of hydrogen-bond donors (Lipinski definition) is 2. The van der Waals surface area contributed by atoms with Gasteiger partial charge in [-0.25, -0.2) is 0 Å². The van der Waals surface area contributed by atoms with E-state index in [0.29, 0.717) is 12.5 Å². The lowest BCUT2D eigenvalue weighted by Gasteiger charge is -2.39. The number of piperazine rings is 1. The van der Waals surface area contributed by atoms with Gasteiger partial charge in [0.1, 0.15) is 0 Å². The summed E-state index contributed by atoms with van der Waals surface area (Å²) in [7, 11) is 0. The van der Waals surface area contributed by atoms with Gasteiger partial charge in [-0.05, 0) is 19.9 Å². The molecule has 94 valence electrons. The Bertz CT molecular complexity index is 234. The number of amides is 1. The number of nitrogens with two attached hydrogens (primary N) is 2. The summed E-state index contributed by atoms with van der Waals surface area (Å²) in [5.74, 6) is -0.403. The summed E-state index contributed by atoms with van der Waals surface area (Å²) in [6, 6.07) is 0.0862. The molecule has 0 aliphatic carbocycles. The zero-order chi connectivity index (χ0) is 12.1. The lowest BCUT2D eigenvalue weighted by atomic mass is 10.1. The molecule has 0 aromatic carbocycles. The molecule has 16 heavy (non-hydrogen) atoms. The van der Waals surface area contributed by atoms with Gasteiger partial charge in [0.15, 0.2) is 0 Å². The molecule has 5 heteroatoms. The maximum Gasteiger partial charge on any atom is 0.234 e. The summed E-state index contributed by atoms with van der Waals surface area (Å²) in [5.41, 5.74) is 10.7. The third-order valence-electron chi connectivity index (χ3n) is 3.38. The first-order valence-corrected chi connectivity index (χ1v) is 6.06. The van der Waals surface area contributed by atoms with Crippen LogP contribution in [0.3, 0.4) is 0 Å². The van der Waals surface area contributed by atoms with E-state index in [4.69, 9.17) is 11.5 Å². The number of carbonyl (C=O) groups is 1. The Morgan fingerprint density at radius 2 is 2.19 bits per heavy atom. The fraction of sp³-hybridized carbons (Fsp3) is 0.909. The van der Waals surface area contributed by atoms with Gasteiger partial charge in [0.25, 0.3) is 0 Å². The molecule has 1 fully saturated rings. The van der Waals surface area contributed by atoms with Crippen LogP contribution in [0, 0.1) is 0 Å². The van der Waals surface area contributed by atoms with E-state index < -0.39 is 11.9 Å². The second-order valence-corrected chi connectivity index (χ2v) is 4.58. The smallest absolute Gasteiger partial charge is 0.234 e. The Balaban J connectivity index is 2.27. The van der Waals surface area contributed by atoms with Gasteiger partial charge in [-0.15, -0.1) is 0 Å². The Hall–Kier alpha value is -0.650. The number of nitrogens with zero attached hydrogens (tertiary/aromatic N) is 2. The first-order valence-electron chi connectivity index (χ1n) is 6.06. The van der Waals surface area contributed by atoms with Gasteiger partial charge in [-0.1, -0.05) is 6.92 Å². The standard InChI is InChI=1S/C11H24N4O/c1-3-15-7-6-14(8-9(15)2)5-4-10(12)11(13)16/h9-10H,3-8,12H2,1-2H3,(H2,13,16). The van der Waals surface area contributed by atoms with Gasteiger partial charge in [0.2, 0.25) is 5.91 Å². The molecule has 0 bridgehead atoms. The second-order valence-electron chi connectivity index (χ2n) is 4.58. The third-order valence-corrected chi connectivity index (χ3v) is 3.38. The van der Waals surface area contributed by atoms with Crippen molar-refractivity contribution >= 4 is 5.91 Å². The highest BCUT2D eigenvalue weighted by molar-refractivity contribution is 5.79. The number of likely N-dealkylation sites (N-methyl/N-ethyl adjacent to an activating group) is 1. The van der Waals surface area contributed by atoms with Crippen LogP contribution in [0.4, 0.5) is 0 Å². The molecule has 1 amide bonds. The Kier molecular flexibility index (Phi) is 5.18. The molecule has 5 nitrogen and oxygen atoms in total. The van der Waals surface area contributed by atoms with E-state index >= 15 is 0 Å². The van der Waals surface area contributed by atoms with Crippen molar-refractivity contribution in [2.24, 2.45) is 11.5 Å². The monoisotopic (exact) mass is 228 g/mol. The highest BCUT2D eigenvalue weighted by Crippen LogP contribution is 2.09. The molecule has 1 aliphatic heterocycles. The van der Waals surface area contributed by atoms with E-state index in [1.807, 2.05) is 0 Å². The molecule has 2 unspecified atom stereocenters. The predicted octanol–water partition coefficient (Wildman–Crippen LogP) is -0.785. The van der Waals surface area contributed by atoms with Crippen LogP contribution in [0.2, 0.25) is 0 Å². The lowest BCUT2D eigenvalue weighted by molar-refractivity contribution is -0.119. The van der Waals surface area contributed by atoms with Crippen LogP contribution in [0.25, 0.3) is 0 Å². The minimum atomic E-state index is -0.500. The summed E-state index contributed by atoms with van der Waals surface area (Å²) < 4.78 is 0. The van der Waals surface area contributed by atoms with Crippen molar-refractivity contribution < 1.29 is 4.79 Å². The molecule has 1 rings (SSSR count). The van der Waals surface area contributed by atoms with Crippen molar-refractivity contribution in [3.05, 3.63) is 0 Å². The Morgan fingerprint density at radius 1 is 1.50 bits per heavy atom. The quantitative estimate of drug-likeness (QED) is 0.647. The van der Waals surface area contributed by atoms with Crippen molar-refractivity contribution in [1.82, 2.24) is 9.80 Å². The van der Waals surface area contributed by atoms with Gasteiger partial charge in [-0.3, -0.25) is 9.69 Å². The van der Waals surface area contributed by atoms with E-state index in [0.717, 1.165) is 32.7 Å². The highest BCUT2D eigenvalue weighted by atomic mass is 16.1. The lowest BCUT2D eigenvalue weighted by Crippen LogP contribution is -2.52. The van der Waals surface area contributed by atoms with Crippen LogP contribution < -0.4 is 11.5 Å². The zero-order valence-electron chi connectivity index (χ0n) is 10.4. The van der Waals surface area contributed by atoms with Gasteiger partial charge >= 0.3 is 0 Å². The molecule has 0 aromatic heterocycles. The average Bonchev–Trinajstić information content (AvgIpc) is 2.25. The second kappa shape index (κ2) is 6.18. The van der Waals surface area contributed by atoms with Crippen LogP contribution in [0.5, 0.6) is 0 Å². The highest BCUT2D eigenvalue weighted by Gasteiger charge is 2.22. The average molecular weight is 228 g/mol. The summed E-state index contributed by atoms with van der Waals surface area (Å²) in [6.45, 7) is 9.62. The Morgan fingerprint density at radius 3 is 2.69 bits per heavy atom. The van der Waals surface area contributed by atoms with Gasteiger partial charge in [-0.2, -0.15) is 0 Å². The van der Waals surface area contributed by atoms with E-state index in [9.17, 15) is 4.79 Å². The predicted molar refractivity (Wildman–Crippen MR) is 64.9 cm³/mol. The van der Waals surface area contributed by atoms with Crippen molar-refractivity contribution in [3.8, 4) is 0 Å². The zero-order valence-corrected chi connectivity index (χ0v) is 10.4. The molecular weight excluding hydrogens is 204 g/mol. The molecule has 0 radical (unpaired) electrons. The number of carbonyl (C=O) groups excluding carboxylic acids is 1. The molecule has 0 spiro atoms. The molecule has 0 saturated carbocycles. The molecule has 1 aliphatic rings. The Labute approximate surface area is 97.7 Å². The molecule has 4 N–H and O–H groups in total. The van der Waals surface area contributed by atoms with Gasteiger partial charge < -0.3 is 16.4 Å². The van der Waals surface area contributed by atoms with Crippen LogP contribution in [0.15, 0.2) is 0 Å². The number of rotatable bonds is 5. The van der Waals surface area contributed by atoms with E-state index in [1.165, 1.54) is 0 Å². The van der Waals surface area contributed by atoms with Crippen molar-refractivity contribution in [2.75, 3.05) is 32.7 Å². The SMILES string of the molecule is CCN1CCN(CCC(N)C(N)=O)CC1C. The van der Waals surface area contributed by atoms with E-state index in [-0.39, 0.29) is 0 Å². The van der Waals surface area contributed by atoms with Crippen molar-refractivity contribution in [1.29, 1.82) is 0 Å². The van der Waals surface area contributed by atoms with Crippen LogP contribution in [-0.2, 0) is 4.79 Å². The van der Waals surface area contributed by atoms with Crippen LogP contribution in [0.1, 0.15) is 20.3 Å². The van der Waals surface area contributed by atoms with Gasteiger partial charge in [0.05, 0.1) is 6.04 Å². The van der Waals surface area contributed by atoms with Crippen molar-refractivity contribution in [3.63, 3.8) is 0 Å². The summed E-state index contributed by atoms with van der Waals surface area (Å²) in [4.78, 5) is 15.6. The van der Waals surface area contributed by atoms with Crippen LogP contribution >= 0.6 is 0 Å². The normalized spacial score (nSPS) is 25.6. The molecule has 2 atom stereocenters. The first kappa shape index (κ1) is 13.4. The van der Waals surface area contributed by atoms with Crippen molar-refractivity contribution in [2.45, 2.75) is 32.4 Å². The largest absolute Gasteiger partial charge is 0.368 e. The molecule has 1 heterocycles. The van der Waals surface area contributed by atoms with E-state index in [1.54, 1.807) is 0 Å². The molecular formula is C11H24N4O. The minimum absolute atomic E-state index is 0.403. The number of primary amides is 1. The fourth-order valence-electron chi connectivity index (χ4n) is 2.21. The third kappa shape index (κ3) is 3.73. The maximum absolute atomic E-state index is 10.8. The summed E-state index contributed by atoms with van der Waals surface area (Å²) in [5, 5.41) is 0.